The fourth-order valence-corrected chi connectivity index (χ4v) is 3.41. The third-order valence-corrected chi connectivity index (χ3v) is 4.82. The first-order valence-corrected chi connectivity index (χ1v) is 7.74. The van der Waals surface area contributed by atoms with E-state index in [9.17, 15) is 4.79 Å². The first-order chi connectivity index (χ1) is 9.72. The van der Waals surface area contributed by atoms with Crippen LogP contribution in [-0.4, -0.2) is 37.5 Å². The van der Waals surface area contributed by atoms with Crippen LogP contribution in [0, 0.1) is 5.92 Å². The van der Waals surface area contributed by atoms with Crippen LogP contribution >= 0.6 is 0 Å². The fraction of sp³-hybridized carbons (Fsp3) is 0.588. The number of carbonyl (C=O) groups is 1. The van der Waals surface area contributed by atoms with Crippen LogP contribution in [-0.2, 0) is 10.2 Å². The van der Waals surface area contributed by atoms with Gasteiger partial charge in [0.2, 0.25) is 5.91 Å². The van der Waals surface area contributed by atoms with Crippen molar-refractivity contribution in [2.24, 2.45) is 5.92 Å². The molecule has 0 spiro atoms. The van der Waals surface area contributed by atoms with E-state index in [-0.39, 0.29) is 5.41 Å². The van der Waals surface area contributed by atoms with E-state index in [0.29, 0.717) is 11.8 Å². The summed E-state index contributed by atoms with van der Waals surface area (Å²) in [5.74, 6) is 0.985. The van der Waals surface area contributed by atoms with E-state index >= 15 is 0 Å². The summed E-state index contributed by atoms with van der Waals surface area (Å²) in [5, 5.41) is 3.38. The van der Waals surface area contributed by atoms with Gasteiger partial charge in [-0.1, -0.05) is 30.3 Å². The molecule has 3 nitrogen and oxygen atoms in total. The number of likely N-dealkylation sites (N-methyl/N-ethyl adjacent to an activating group) is 1. The second-order valence-electron chi connectivity index (χ2n) is 6.33. The van der Waals surface area contributed by atoms with Crippen LogP contribution < -0.4 is 5.32 Å². The zero-order valence-electron chi connectivity index (χ0n) is 12.3. The molecule has 1 aliphatic heterocycles. The Bertz CT molecular complexity index is 461. The van der Waals surface area contributed by atoms with Crippen molar-refractivity contribution in [3.63, 3.8) is 0 Å². The molecular formula is C17H24N2O. The Morgan fingerprint density at radius 1 is 1.25 bits per heavy atom. The number of nitrogens with zero attached hydrogens (tertiary/aromatic N) is 1. The highest BCUT2D eigenvalue weighted by molar-refractivity contribution is 5.91. The lowest BCUT2D eigenvalue weighted by atomic mass is 9.93. The van der Waals surface area contributed by atoms with Crippen molar-refractivity contribution in [2.45, 2.75) is 31.1 Å². The number of hydrogen-bond acceptors (Lipinski definition) is 2. The van der Waals surface area contributed by atoms with Crippen LogP contribution in [0.2, 0.25) is 0 Å². The molecule has 3 rings (SSSR count). The lowest BCUT2D eigenvalue weighted by Crippen LogP contribution is -2.41. The molecule has 0 atom stereocenters. The second-order valence-corrected chi connectivity index (χ2v) is 6.33. The number of piperidine rings is 1. The normalized spacial score (nSPS) is 21.4. The Labute approximate surface area is 121 Å². The molecule has 1 N–H and O–H groups in total. The van der Waals surface area contributed by atoms with Gasteiger partial charge in [0, 0.05) is 13.6 Å². The van der Waals surface area contributed by atoms with Crippen molar-refractivity contribution in [3.8, 4) is 0 Å². The molecule has 1 saturated carbocycles. The van der Waals surface area contributed by atoms with Crippen LogP contribution in [0.1, 0.15) is 31.2 Å². The summed E-state index contributed by atoms with van der Waals surface area (Å²) in [6, 6.07) is 10.3. The van der Waals surface area contributed by atoms with Crippen molar-refractivity contribution >= 4 is 5.91 Å². The molecule has 3 heteroatoms. The molecule has 1 heterocycles. The zero-order chi connectivity index (χ0) is 14.0. The number of amides is 1. The van der Waals surface area contributed by atoms with E-state index in [1.165, 1.54) is 18.4 Å². The monoisotopic (exact) mass is 272 g/mol. The number of benzene rings is 1. The Hall–Kier alpha value is -1.35. The third-order valence-electron chi connectivity index (χ3n) is 4.82. The number of hydrogen-bond donors (Lipinski definition) is 1. The highest BCUT2D eigenvalue weighted by Crippen LogP contribution is 2.49. The van der Waals surface area contributed by atoms with Gasteiger partial charge < -0.3 is 10.2 Å². The van der Waals surface area contributed by atoms with Gasteiger partial charge in [-0.25, -0.2) is 0 Å². The molecule has 0 radical (unpaired) electrons. The molecule has 1 aromatic rings. The minimum absolute atomic E-state index is 0.205. The maximum absolute atomic E-state index is 12.8. The molecule has 108 valence electrons. The summed E-state index contributed by atoms with van der Waals surface area (Å²) >= 11 is 0. The quantitative estimate of drug-likeness (QED) is 0.911. The molecule has 1 aliphatic carbocycles. The molecule has 20 heavy (non-hydrogen) atoms. The number of carbonyl (C=O) groups excluding carboxylic acids is 1. The van der Waals surface area contributed by atoms with Crippen LogP contribution in [0.25, 0.3) is 0 Å². The van der Waals surface area contributed by atoms with Gasteiger partial charge >= 0.3 is 0 Å². The van der Waals surface area contributed by atoms with Gasteiger partial charge in [0.25, 0.3) is 0 Å². The van der Waals surface area contributed by atoms with E-state index in [2.05, 4.69) is 17.4 Å². The Morgan fingerprint density at radius 3 is 2.50 bits per heavy atom. The molecule has 2 fully saturated rings. The maximum atomic E-state index is 12.8. The minimum atomic E-state index is -0.205. The molecule has 0 aromatic heterocycles. The zero-order valence-corrected chi connectivity index (χ0v) is 12.3. The molecule has 1 aromatic carbocycles. The van der Waals surface area contributed by atoms with Crippen LogP contribution in [0.15, 0.2) is 30.3 Å². The van der Waals surface area contributed by atoms with Crippen molar-refractivity contribution < 1.29 is 4.79 Å². The van der Waals surface area contributed by atoms with Gasteiger partial charge in [-0.2, -0.15) is 0 Å². The van der Waals surface area contributed by atoms with Crippen molar-refractivity contribution in [1.29, 1.82) is 0 Å². The molecule has 0 unspecified atom stereocenters. The summed E-state index contributed by atoms with van der Waals surface area (Å²) in [6.07, 6.45) is 4.39. The summed E-state index contributed by atoms with van der Waals surface area (Å²) in [5.41, 5.74) is 0.991. The summed E-state index contributed by atoms with van der Waals surface area (Å²) in [4.78, 5) is 14.8. The summed E-state index contributed by atoms with van der Waals surface area (Å²) in [6.45, 7) is 3.10. The molecule has 2 aliphatic rings. The highest BCUT2D eigenvalue weighted by Gasteiger charge is 2.52. The molecule has 0 bridgehead atoms. The predicted molar refractivity (Wildman–Crippen MR) is 80.6 cm³/mol. The van der Waals surface area contributed by atoms with Crippen LogP contribution in [0.3, 0.4) is 0 Å². The minimum Gasteiger partial charge on any atom is -0.345 e. The fourth-order valence-electron chi connectivity index (χ4n) is 3.41. The third kappa shape index (κ3) is 2.59. The average Bonchev–Trinajstić information content (AvgIpc) is 3.30. The predicted octanol–water partition coefficient (Wildman–Crippen LogP) is 2.18. The van der Waals surface area contributed by atoms with Gasteiger partial charge in [0.05, 0.1) is 5.41 Å². The Balaban J connectivity index is 1.66. The van der Waals surface area contributed by atoms with Crippen LogP contribution in [0.4, 0.5) is 0 Å². The van der Waals surface area contributed by atoms with Gasteiger partial charge in [-0.15, -0.1) is 0 Å². The highest BCUT2D eigenvalue weighted by atomic mass is 16.2. The summed E-state index contributed by atoms with van der Waals surface area (Å²) in [7, 11) is 1.98. The van der Waals surface area contributed by atoms with Gasteiger partial charge in [-0.05, 0) is 50.3 Å². The lowest BCUT2D eigenvalue weighted by Gasteiger charge is -2.30. The first kappa shape index (κ1) is 13.6. The average molecular weight is 272 g/mol. The van der Waals surface area contributed by atoms with Gasteiger partial charge in [0.1, 0.15) is 0 Å². The summed E-state index contributed by atoms with van der Waals surface area (Å²) < 4.78 is 0. The molecule has 1 saturated heterocycles. The number of nitrogens with one attached hydrogen (secondary N) is 1. The maximum Gasteiger partial charge on any atom is 0.232 e. The Kier molecular flexibility index (Phi) is 3.79. The van der Waals surface area contributed by atoms with E-state index in [1.807, 2.05) is 30.1 Å². The van der Waals surface area contributed by atoms with E-state index in [4.69, 9.17) is 0 Å². The van der Waals surface area contributed by atoms with E-state index < -0.39 is 0 Å². The first-order valence-electron chi connectivity index (χ1n) is 7.74. The smallest absolute Gasteiger partial charge is 0.232 e. The van der Waals surface area contributed by atoms with Crippen molar-refractivity contribution in [2.75, 3.05) is 26.7 Å². The lowest BCUT2D eigenvalue weighted by molar-refractivity contribution is -0.133. The van der Waals surface area contributed by atoms with E-state index in [1.54, 1.807) is 0 Å². The molecule has 1 amide bonds. The van der Waals surface area contributed by atoms with Gasteiger partial charge in [-0.3, -0.25) is 4.79 Å². The Morgan fingerprint density at radius 2 is 1.90 bits per heavy atom. The topological polar surface area (TPSA) is 32.3 Å². The second kappa shape index (κ2) is 5.57. The SMILES string of the molecule is CN(CC1CCNCC1)C(=O)C1(c2ccccc2)CC1. The van der Waals surface area contributed by atoms with E-state index in [0.717, 1.165) is 32.5 Å². The largest absolute Gasteiger partial charge is 0.345 e. The van der Waals surface area contributed by atoms with Gasteiger partial charge in [0.15, 0.2) is 0 Å². The molecular weight excluding hydrogens is 248 g/mol. The van der Waals surface area contributed by atoms with Crippen LogP contribution in [0.5, 0.6) is 0 Å². The number of rotatable bonds is 4. The standard InChI is InChI=1S/C17H24N2O/c1-19(13-14-7-11-18-12-8-14)16(20)17(9-10-17)15-5-3-2-4-6-15/h2-6,14,18H,7-13H2,1H3. The van der Waals surface area contributed by atoms with Crippen molar-refractivity contribution in [3.05, 3.63) is 35.9 Å². The van der Waals surface area contributed by atoms with Crippen molar-refractivity contribution in [1.82, 2.24) is 10.2 Å².